The quantitative estimate of drug-likeness (QED) is 0.418. The topological polar surface area (TPSA) is 35.5 Å². The molecule has 110 valence electrons. The van der Waals surface area contributed by atoms with Gasteiger partial charge in [0.15, 0.2) is 6.79 Å². The van der Waals surface area contributed by atoms with Crippen LogP contribution in [0.15, 0.2) is 0 Å². The number of fused-ring (bicyclic) bond motifs is 2. The van der Waals surface area contributed by atoms with Gasteiger partial charge in [-0.15, -0.1) is 0 Å². The van der Waals surface area contributed by atoms with Crippen molar-refractivity contribution in [3.05, 3.63) is 0 Å². The molecule has 0 aromatic rings. The van der Waals surface area contributed by atoms with Gasteiger partial charge in [-0.3, -0.25) is 4.79 Å². The van der Waals surface area contributed by atoms with Gasteiger partial charge in [-0.05, 0) is 56.8 Å². The van der Waals surface area contributed by atoms with Crippen molar-refractivity contribution >= 4 is 5.97 Å². The third kappa shape index (κ3) is 3.13. The Labute approximate surface area is 117 Å². The Balaban J connectivity index is 1.69. The van der Waals surface area contributed by atoms with Crippen LogP contribution in [0.5, 0.6) is 0 Å². The van der Waals surface area contributed by atoms with Gasteiger partial charge in [0.05, 0.1) is 12.0 Å². The summed E-state index contributed by atoms with van der Waals surface area (Å²) in [7, 11) is 0. The molecule has 2 fully saturated rings. The van der Waals surface area contributed by atoms with Gasteiger partial charge < -0.3 is 9.47 Å². The number of ether oxygens (including phenoxy) is 2. The van der Waals surface area contributed by atoms with Gasteiger partial charge in [0, 0.05) is 0 Å². The van der Waals surface area contributed by atoms with Crippen LogP contribution < -0.4 is 0 Å². The maximum atomic E-state index is 11.8. The number of rotatable bonds is 6. The molecule has 3 heteroatoms. The highest BCUT2D eigenvalue weighted by Gasteiger charge is 2.47. The van der Waals surface area contributed by atoms with Crippen LogP contribution in [0.25, 0.3) is 0 Å². The van der Waals surface area contributed by atoms with Crippen molar-refractivity contribution in [2.45, 2.75) is 59.8 Å². The molecule has 2 bridgehead atoms. The normalized spacial score (nSPS) is 33.7. The van der Waals surface area contributed by atoms with Gasteiger partial charge in [-0.2, -0.15) is 0 Å². The highest BCUT2D eigenvalue weighted by atomic mass is 16.7. The molecule has 3 unspecified atom stereocenters. The highest BCUT2D eigenvalue weighted by Crippen LogP contribution is 2.55. The average molecular weight is 268 g/mol. The van der Waals surface area contributed by atoms with Crippen LogP contribution in [0, 0.1) is 22.7 Å². The van der Waals surface area contributed by atoms with E-state index in [0.29, 0.717) is 5.41 Å². The summed E-state index contributed by atoms with van der Waals surface area (Å²) in [5.74, 6) is 1.58. The fraction of sp³-hybridized carbons (Fsp3) is 0.938. The molecule has 2 rings (SSSR count). The molecule has 0 spiro atoms. The number of hydrogen-bond donors (Lipinski definition) is 0. The summed E-state index contributed by atoms with van der Waals surface area (Å²) in [5.41, 5.74) is -0.0880. The van der Waals surface area contributed by atoms with E-state index in [2.05, 4.69) is 6.92 Å². The molecular weight excluding hydrogens is 240 g/mol. The Morgan fingerprint density at radius 2 is 2.11 bits per heavy atom. The van der Waals surface area contributed by atoms with Gasteiger partial charge in [0.25, 0.3) is 0 Å². The molecular formula is C16H28O3. The van der Waals surface area contributed by atoms with Crippen LogP contribution in [0.3, 0.4) is 0 Å². The summed E-state index contributed by atoms with van der Waals surface area (Å²) in [6, 6.07) is 0. The Kier molecular flexibility index (Phi) is 4.24. The lowest BCUT2D eigenvalue weighted by Gasteiger charge is -2.33. The average Bonchev–Trinajstić information content (AvgIpc) is 2.94. The lowest BCUT2D eigenvalue weighted by atomic mass is 9.75. The van der Waals surface area contributed by atoms with E-state index in [9.17, 15) is 4.79 Å². The third-order valence-electron chi connectivity index (χ3n) is 5.42. The minimum atomic E-state index is -0.403. The second-order valence-electron chi connectivity index (χ2n) is 7.37. The molecule has 3 atom stereocenters. The molecule has 0 radical (unpaired) electrons. The first-order chi connectivity index (χ1) is 8.87. The molecule has 2 saturated carbocycles. The molecule has 0 aromatic carbocycles. The minimum absolute atomic E-state index is 0.106. The first kappa shape index (κ1) is 14.8. The zero-order valence-corrected chi connectivity index (χ0v) is 12.8. The number of hydrogen-bond acceptors (Lipinski definition) is 3. The van der Waals surface area contributed by atoms with Gasteiger partial charge in [-0.1, -0.05) is 20.3 Å². The standard InChI is InChI=1S/C16H28O3/c1-5-15(2,3)14(17)19-11-18-10-16(4)9-12-6-7-13(16)8-12/h12-13H,5-11H2,1-4H3. The third-order valence-corrected chi connectivity index (χ3v) is 5.42. The fourth-order valence-corrected chi connectivity index (χ4v) is 3.61. The summed E-state index contributed by atoms with van der Waals surface area (Å²) < 4.78 is 10.9. The number of esters is 1. The lowest BCUT2D eigenvalue weighted by molar-refractivity contribution is -0.170. The summed E-state index contributed by atoms with van der Waals surface area (Å²) in [6.07, 6.45) is 6.20. The molecule has 0 N–H and O–H groups in total. The number of carbonyl (C=O) groups is 1. The number of carbonyl (C=O) groups excluding carboxylic acids is 1. The van der Waals surface area contributed by atoms with Crippen LogP contribution in [-0.2, 0) is 14.3 Å². The molecule has 0 heterocycles. The first-order valence-electron chi connectivity index (χ1n) is 7.62. The lowest BCUT2D eigenvalue weighted by Crippen LogP contribution is -2.31. The zero-order chi connectivity index (χ0) is 14.1. The molecule has 2 aliphatic rings. The summed E-state index contributed by atoms with van der Waals surface area (Å²) in [6.45, 7) is 8.98. The minimum Gasteiger partial charge on any atom is -0.438 e. The maximum absolute atomic E-state index is 11.8. The van der Waals surface area contributed by atoms with Gasteiger partial charge in [0.2, 0.25) is 0 Å². The SMILES string of the molecule is CCC(C)(C)C(=O)OCOCC1(C)CC2CCC1C2. The molecule has 0 aliphatic heterocycles. The molecule has 0 aromatic heterocycles. The molecule has 3 nitrogen and oxygen atoms in total. The van der Waals surface area contributed by atoms with Gasteiger partial charge in [0.1, 0.15) is 0 Å². The van der Waals surface area contributed by atoms with Crippen LogP contribution in [0.4, 0.5) is 0 Å². The van der Waals surface area contributed by atoms with Crippen molar-refractivity contribution in [2.24, 2.45) is 22.7 Å². The van der Waals surface area contributed by atoms with E-state index >= 15 is 0 Å². The Bertz CT molecular complexity index is 337. The van der Waals surface area contributed by atoms with Crippen molar-refractivity contribution in [3.63, 3.8) is 0 Å². The van der Waals surface area contributed by atoms with Gasteiger partial charge >= 0.3 is 5.97 Å². The van der Waals surface area contributed by atoms with Crippen molar-refractivity contribution in [2.75, 3.05) is 13.4 Å². The molecule has 0 amide bonds. The smallest absolute Gasteiger partial charge is 0.313 e. The van der Waals surface area contributed by atoms with Crippen molar-refractivity contribution in [1.82, 2.24) is 0 Å². The van der Waals surface area contributed by atoms with E-state index in [-0.39, 0.29) is 12.8 Å². The Morgan fingerprint density at radius 1 is 1.37 bits per heavy atom. The maximum Gasteiger partial charge on any atom is 0.313 e. The summed E-state index contributed by atoms with van der Waals surface area (Å²) in [5, 5.41) is 0. The van der Waals surface area contributed by atoms with E-state index in [1.807, 2.05) is 20.8 Å². The van der Waals surface area contributed by atoms with E-state index in [4.69, 9.17) is 9.47 Å². The monoisotopic (exact) mass is 268 g/mol. The summed E-state index contributed by atoms with van der Waals surface area (Å²) in [4.78, 5) is 11.8. The van der Waals surface area contributed by atoms with Crippen LogP contribution in [0.2, 0.25) is 0 Å². The largest absolute Gasteiger partial charge is 0.438 e. The van der Waals surface area contributed by atoms with Crippen molar-refractivity contribution < 1.29 is 14.3 Å². The Morgan fingerprint density at radius 3 is 2.63 bits per heavy atom. The fourth-order valence-electron chi connectivity index (χ4n) is 3.61. The molecule has 19 heavy (non-hydrogen) atoms. The van der Waals surface area contributed by atoms with Crippen LogP contribution in [0.1, 0.15) is 59.8 Å². The van der Waals surface area contributed by atoms with Crippen LogP contribution in [-0.4, -0.2) is 19.4 Å². The first-order valence-corrected chi connectivity index (χ1v) is 7.62. The van der Waals surface area contributed by atoms with Crippen LogP contribution >= 0.6 is 0 Å². The highest BCUT2D eigenvalue weighted by molar-refractivity contribution is 5.75. The van der Waals surface area contributed by atoms with E-state index in [0.717, 1.165) is 24.9 Å². The Hall–Kier alpha value is -0.570. The molecule has 0 saturated heterocycles. The predicted molar refractivity (Wildman–Crippen MR) is 74.5 cm³/mol. The molecule has 2 aliphatic carbocycles. The summed E-state index contributed by atoms with van der Waals surface area (Å²) >= 11 is 0. The zero-order valence-electron chi connectivity index (χ0n) is 12.8. The second-order valence-corrected chi connectivity index (χ2v) is 7.37. The predicted octanol–water partition coefficient (Wildman–Crippen LogP) is 3.77. The van der Waals surface area contributed by atoms with Crippen molar-refractivity contribution in [1.29, 1.82) is 0 Å². The van der Waals surface area contributed by atoms with Gasteiger partial charge in [-0.25, -0.2) is 0 Å². The second kappa shape index (κ2) is 5.43. The van der Waals surface area contributed by atoms with E-state index < -0.39 is 5.41 Å². The van der Waals surface area contributed by atoms with Crippen molar-refractivity contribution in [3.8, 4) is 0 Å². The van der Waals surface area contributed by atoms with E-state index in [1.54, 1.807) is 0 Å². The van der Waals surface area contributed by atoms with E-state index in [1.165, 1.54) is 25.7 Å².